The molecule has 0 amide bonds. The molecule has 4 nitrogen and oxygen atoms in total. The quantitative estimate of drug-likeness (QED) is 0.678. The third-order valence-corrected chi connectivity index (χ3v) is 4.13. The number of aryl methyl sites for hydroxylation is 1. The monoisotopic (exact) mass is 350 g/mol. The molecule has 0 saturated carbocycles. The van der Waals surface area contributed by atoms with Crippen molar-refractivity contribution in [3.63, 3.8) is 0 Å². The summed E-state index contributed by atoms with van der Waals surface area (Å²) in [5.74, 6) is 1.24. The molecule has 0 fully saturated rings. The molecule has 134 valence electrons. The first-order chi connectivity index (χ1) is 12.6. The lowest BCUT2D eigenvalue weighted by Crippen LogP contribution is -2.23. The molecule has 5 heteroatoms. The zero-order valence-electron chi connectivity index (χ0n) is 15.1. The van der Waals surface area contributed by atoms with Crippen LogP contribution in [0, 0.1) is 12.7 Å². The minimum Gasteiger partial charge on any atom is -0.352 e. The van der Waals surface area contributed by atoms with Crippen molar-refractivity contribution >= 4 is 11.8 Å². The van der Waals surface area contributed by atoms with Gasteiger partial charge in [0.15, 0.2) is 0 Å². The standard InChI is InChI=1S/C21H23FN4/c1-3-26(15-18-7-5-4-6-8-18)20-13-16(2)24-21(25-20)23-14-17-9-11-19(22)12-10-17/h4-13H,3,14-15H2,1-2H3,(H,23,24,25). The summed E-state index contributed by atoms with van der Waals surface area (Å²) in [5, 5.41) is 3.23. The summed E-state index contributed by atoms with van der Waals surface area (Å²) in [5.41, 5.74) is 3.13. The molecule has 3 aromatic rings. The lowest BCUT2D eigenvalue weighted by atomic mass is 10.2. The number of anilines is 2. The Morgan fingerprint density at radius 1 is 0.962 bits per heavy atom. The average Bonchev–Trinajstić information content (AvgIpc) is 2.66. The second-order valence-electron chi connectivity index (χ2n) is 6.17. The third kappa shape index (κ3) is 4.79. The van der Waals surface area contributed by atoms with Crippen LogP contribution in [-0.4, -0.2) is 16.5 Å². The van der Waals surface area contributed by atoms with Crippen LogP contribution >= 0.6 is 0 Å². The smallest absolute Gasteiger partial charge is 0.225 e. The van der Waals surface area contributed by atoms with Gasteiger partial charge in [-0.1, -0.05) is 42.5 Å². The minimum atomic E-state index is -0.234. The van der Waals surface area contributed by atoms with Crippen molar-refractivity contribution in [2.75, 3.05) is 16.8 Å². The Bertz CT molecular complexity index is 834. The number of aromatic nitrogens is 2. The van der Waals surface area contributed by atoms with Crippen molar-refractivity contribution in [2.24, 2.45) is 0 Å². The Hall–Kier alpha value is -2.95. The summed E-state index contributed by atoms with van der Waals surface area (Å²) < 4.78 is 13.0. The molecule has 1 N–H and O–H groups in total. The highest BCUT2D eigenvalue weighted by Gasteiger charge is 2.10. The number of halogens is 1. The maximum absolute atomic E-state index is 13.0. The molecule has 0 aliphatic rings. The van der Waals surface area contributed by atoms with Crippen molar-refractivity contribution in [2.45, 2.75) is 26.9 Å². The largest absolute Gasteiger partial charge is 0.352 e. The molecule has 0 spiro atoms. The normalized spacial score (nSPS) is 10.6. The number of hydrogen-bond donors (Lipinski definition) is 1. The van der Waals surface area contributed by atoms with Gasteiger partial charge in [-0.15, -0.1) is 0 Å². The summed E-state index contributed by atoms with van der Waals surface area (Å²) >= 11 is 0. The summed E-state index contributed by atoms with van der Waals surface area (Å²) in [4.78, 5) is 11.3. The van der Waals surface area contributed by atoms with Gasteiger partial charge in [0.25, 0.3) is 0 Å². The number of nitrogens with one attached hydrogen (secondary N) is 1. The Labute approximate surface area is 153 Å². The van der Waals surface area contributed by atoms with Crippen LogP contribution < -0.4 is 10.2 Å². The Morgan fingerprint density at radius 2 is 1.69 bits per heavy atom. The molecule has 0 atom stereocenters. The molecular weight excluding hydrogens is 327 g/mol. The molecule has 3 rings (SSSR count). The first kappa shape index (κ1) is 17.9. The summed E-state index contributed by atoms with van der Waals surface area (Å²) in [7, 11) is 0. The van der Waals surface area contributed by atoms with Crippen LogP contribution in [0.1, 0.15) is 23.7 Å². The van der Waals surface area contributed by atoms with Gasteiger partial charge < -0.3 is 10.2 Å². The lowest BCUT2D eigenvalue weighted by molar-refractivity contribution is 0.627. The molecule has 0 saturated heterocycles. The predicted octanol–water partition coefficient (Wildman–Crippen LogP) is 4.56. The van der Waals surface area contributed by atoms with Crippen molar-refractivity contribution in [3.8, 4) is 0 Å². The van der Waals surface area contributed by atoms with Gasteiger partial charge in [-0.3, -0.25) is 0 Å². The highest BCUT2D eigenvalue weighted by atomic mass is 19.1. The molecule has 0 unspecified atom stereocenters. The van der Waals surface area contributed by atoms with Gasteiger partial charge in [0.2, 0.25) is 5.95 Å². The topological polar surface area (TPSA) is 41.1 Å². The van der Waals surface area contributed by atoms with Crippen molar-refractivity contribution in [1.82, 2.24) is 9.97 Å². The molecule has 0 aliphatic heterocycles. The highest BCUT2D eigenvalue weighted by molar-refractivity contribution is 5.45. The number of nitrogens with zero attached hydrogens (tertiary/aromatic N) is 3. The molecular formula is C21H23FN4. The van der Waals surface area contributed by atoms with Gasteiger partial charge in [-0.05, 0) is 37.1 Å². The van der Waals surface area contributed by atoms with Gasteiger partial charge in [0.05, 0.1) is 0 Å². The Kier molecular flexibility index (Phi) is 5.79. The van der Waals surface area contributed by atoms with Gasteiger partial charge in [-0.2, -0.15) is 4.98 Å². The van der Waals surface area contributed by atoms with E-state index < -0.39 is 0 Å². The maximum atomic E-state index is 13.0. The summed E-state index contributed by atoms with van der Waals surface area (Å²) in [6.45, 7) is 6.28. The van der Waals surface area contributed by atoms with Crippen LogP contribution in [0.3, 0.4) is 0 Å². The fourth-order valence-corrected chi connectivity index (χ4v) is 2.73. The van der Waals surface area contributed by atoms with Gasteiger partial charge in [0.1, 0.15) is 11.6 Å². The van der Waals surface area contributed by atoms with Crippen LogP contribution in [0.2, 0.25) is 0 Å². The summed E-state index contributed by atoms with van der Waals surface area (Å²) in [6.07, 6.45) is 0. The van der Waals surface area contributed by atoms with E-state index in [1.54, 1.807) is 12.1 Å². The van der Waals surface area contributed by atoms with Crippen LogP contribution in [0.5, 0.6) is 0 Å². The van der Waals surface area contributed by atoms with Crippen molar-refractivity contribution < 1.29 is 4.39 Å². The zero-order valence-corrected chi connectivity index (χ0v) is 15.1. The molecule has 1 heterocycles. The van der Waals surface area contributed by atoms with E-state index >= 15 is 0 Å². The number of hydrogen-bond acceptors (Lipinski definition) is 4. The maximum Gasteiger partial charge on any atom is 0.225 e. The van der Waals surface area contributed by atoms with Crippen LogP contribution in [0.15, 0.2) is 60.7 Å². The molecule has 0 radical (unpaired) electrons. The highest BCUT2D eigenvalue weighted by Crippen LogP contribution is 2.18. The van der Waals surface area contributed by atoms with E-state index in [0.29, 0.717) is 12.5 Å². The minimum absolute atomic E-state index is 0.234. The van der Waals surface area contributed by atoms with E-state index in [0.717, 1.165) is 30.2 Å². The number of benzene rings is 2. The fraction of sp³-hybridized carbons (Fsp3) is 0.238. The van der Waals surface area contributed by atoms with E-state index in [-0.39, 0.29) is 5.82 Å². The zero-order chi connectivity index (χ0) is 18.4. The SMILES string of the molecule is CCN(Cc1ccccc1)c1cc(C)nc(NCc2ccc(F)cc2)n1. The van der Waals surface area contributed by atoms with Crippen LogP contribution in [0.4, 0.5) is 16.2 Å². The average molecular weight is 350 g/mol. The second-order valence-corrected chi connectivity index (χ2v) is 6.17. The van der Waals surface area contributed by atoms with Gasteiger partial charge in [-0.25, -0.2) is 9.37 Å². The van der Waals surface area contributed by atoms with E-state index in [9.17, 15) is 4.39 Å². The Morgan fingerprint density at radius 3 is 2.38 bits per heavy atom. The van der Waals surface area contributed by atoms with E-state index in [4.69, 9.17) is 0 Å². The number of rotatable bonds is 7. The van der Waals surface area contributed by atoms with Crippen molar-refractivity contribution in [3.05, 3.63) is 83.3 Å². The van der Waals surface area contributed by atoms with Crippen LogP contribution in [0.25, 0.3) is 0 Å². The van der Waals surface area contributed by atoms with E-state index in [2.05, 4.69) is 39.2 Å². The summed E-state index contributed by atoms with van der Waals surface area (Å²) in [6, 6.07) is 18.8. The third-order valence-electron chi connectivity index (χ3n) is 4.13. The van der Waals surface area contributed by atoms with E-state index in [1.165, 1.54) is 17.7 Å². The molecule has 26 heavy (non-hydrogen) atoms. The van der Waals surface area contributed by atoms with Gasteiger partial charge in [0, 0.05) is 31.4 Å². The Balaban J connectivity index is 1.74. The van der Waals surface area contributed by atoms with Crippen molar-refractivity contribution in [1.29, 1.82) is 0 Å². The molecule has 0 bridgehead atoms. The molecule has 1 aromatic heterocycles. The van der Waals surface area contributed by atoms with E-state index in [1.807, 2.05) is 31.2 Å². The molecule has 0 aliphatic carbocycles. The second kappa shape index (κ2) is 8.43. The predicted molar refractivity (Wildman–Crippen MR) is 104 cm³/mol. The fourth-order valence-electron chi connectivity index (χ4n) is 2.73. The van der Waals surface area contributed by atoms with Gasteiger partial charge >= 0.3 is 0 Å². The lowest BCUT2D eigenvalue weighted by Gasteiger charge is -2.23. The first-order valence-electron chi connectivity index (χ1n) is 8.77. The van der Waals surface area contributed by atoms with Crippen LogP contribution in [-0.2, 0) is 13.1 Å². The first-order valence-corrected chi connectivity index (χ1v) is 8.77. The molecule has 2 aromatic carbocycles.